The standard InChI is InChI=1S/C24H31N3O6S/c1-4-5-6-9-18-14-19(15-26-21(18)24(30)31)23(29)27-34(32,33)20-10-7-8-17(13-20)11-12-25-22(28)16(2)3/h7-8,10,13-16H,4-6,9,11-12H2,1-3H3,(H,25,28)(H,27,29)(H,30,31)/p-1. The molecule has 0 bridgehead atoms. The van der Waals surface area contributed by atoms with Crippen molar-refractivity contribution in [1.29, 1.82) is 0 Å². The third-order valence-corrected chi connectivity index (χ3v) is 6.47. The predicted octanol–water partition coefficient (Wildman–Crippen LogP) is 1.61. The van der Waals surface area contributed by atoms with Gasteiger partial charge >= 0.3 is 0 Å². The number of benzene rings is 1. The first-order valence-corrected chi connectivity index (χ1v) is 12.7. The zero-order valence-electron chi connectivity index (χ0n) is 19.6. The molecule has 0 unspecified atom stereocenters. The topological polar surface area (TPSA) is 145 Å². The monoisotopic (exact) mass is 488 g/mol. The van der Waals surface area contributed by atoms with Gasteiger partial charge in [-0.15, -0.1) is 0 Å². The fourth-order valence-electron chi connectivity index (χ4n) is 3.22. The van der Waals surface area contributed by atoms with Gasteiger partial charge in [0.1, 0.15) is 0 Å². The van der Waals surface area contributed by atoms with E-state index in [1.54, 1.807) is 26.0 Å². The molecule has 2 amide bonds. The van der Waals surface area contributed by atoms with Crippen LogP contribution in [0.3, 0.4) is 0 Å². The quantitative estimate of drug-likeness (QED) is 0.432. The Morgan fingerprint density at radius 1 is 1.09 bits per heavy atom. The van der Waals surface area contributed by atoms with Gasteiger partial charge in [-0.1, -0.05) is 45.7 Å². The van der Waals surface area contributed by atoms with E-state index >= 15 is 0 Å². The first-order chi connectivity index (χ1) is 16.0. The number of rotatable bonds is 12. The van der Waals surface area contributed by atoms with Gasteiger partial charge in [0.25, 0.3) is 15.9 Å². The van der Waals surface area contributed by atoms with E-state index in [1.165, 1.54) is 18.2 Å². The van der Waals surface area contributed by atoms with Crippen molar-refractivity contribution in [3.63, 3.8) is 0 Å². The Labute approximate surface area is 200 Å². The molecule has 34 heavy (non-hydrogen) atoms. The Kier molecular flexibility index (Phi) is 9.73. The van der Waals surface area contributed by atoms with Crippen LogP contribution in [-0.4, -0.2) is 37.7 Å². The molecule has 0 atom stereocenters. The van der Waals surface area contributed by atoms with Gasteiger partial charge in [-0.2, -0.15) is 0 Å². The number of nitrogens with one attached hydrogen (secondary N) is 2. The van der Waals surface area contributed by atoms with Gasteiger partial charge in [0, 0.05) is 18.7 Å². The number of aryl methyl sites for hydroxylation is 1. The fourth-order valence-corrected chi connectivity index (χ4v) is 4.26. The molecule has 1 aromatic carbocycles. The van der Waals surface area contributed by atoms with Crippen LogP contribution < -0.4 is 15.1 Å². The lowest BCUT2D eigenvalue weighted by Gasteiger charge is -2.12. The van der Waals surface area contributed by atoms with E-state index in [0.29, 0.717) is 36.9 Å². The number of aromatic nitrogens is 1. The van der Waals surface area contributed by atoms with Crippen LogP contribution in [0.15, 0.2) is 41.4 Å². The minimum Gasteiger partial charge on any atom is -0.543 e. The summed E-state index contributed by atoms with van der Waals surface area (Å²) in [5.41, 5.74) is 0.682. The Bertz CT molecular complexity index is 1150. The molecule has 0 spiro atoms. The lowest BCUT2D eigenvalue weighted by atomic mass is 10.0. The molecule has 2 aromatic rings. The average Bonchev–Trinajstić information content (AvgIpc) is 2.78. The predicted molar refractivity (Wildman–Crippen MR) is 124 cm³/mol. The second-order valence-corrected chi connectivity index (χ2v) is 9.94. The summed E-state index contributed by atoms with van der Waals surface area (Å²) in [6, 6.07) is 7.42. The van der Waals surface area contributed by atoms with Gasteiger partial charge in [-0.25, -0.2) is 13.1 Å². The molecule has 2 N–H and O–H groups in total. The van der Waals surface area contributed by atoms with Crippen LogP contribution in [0.2, 0.25) is 0 Å². The van der Waals surface area contributed by atoms with Crippen molar-refractivity contribution in [3.8, 4) is 0 Å². The van der Waals surface area contributed by atoms with Gasteiger partial charge in [-0.3, -0.25) is 14.6 Å². The third-order valence-electron chi connectivity index (χ3n) is 5.14. The van der Waals surface area contributed by atoms with E-state index in [4.69, 9.17) is 0 Å². The number of carboxylic acids is 1. The third kappa shape index (κ3) is 7.65. The summed E-state index contributed by atoms with van der Waals surface area (Å²) in [7, 11) is -4.19. The van der Waals surface area contributed by atoms with Crippen LogP contribution in [-0.2, 0) is 27.7 Å². The number of carbonyl (C=O) groups is 3. The smallest absolute Gasteiger partial charge is 0.266 e. The molecule has 0 aliphatic carbocycles. The number of hydrogen-bond acceptors (Lipinski definition) is 7. The Balaban J connectivity index is 2.15. The molecule has 9 nitrogen and oxygen atoms in total. The molecular formula is C24H30N3O6S-. The summed E-state index contributed by atoms with van der Waals surface area (Å²) in [5.74, 6) is -2.61. The number of carbonyl (C=O) groups excluding carboxylic acids is 3. The van der Waals surface area contributed by atoms with Gasteiger partial charge in [-0.05, 0) is 48.6 Å². The van der Waals surface area contributed by atoms with Crippen molar-refractivity contribution in [1.82, 2.24) is 15.0 Å². The maximum atomic E-state index is 12.8. The van der Waals surface area contributed by atoms with Crippen LogP contribution >= 0.6 is 0 Å². The summed E-state index contributed by atoms with van der Waals surface area (Å²) in [4.78, 5) is 39.4. The highest BCUT2D eigenvalue weighted by Crippen LogP contribution is 2.16. The number of pyridine rings is 1. The molecule has 0 radical (unpaired) electrons. The zero-order chi connectivity index (χ0) is 25.3. The molecule has 0 aliphatic rings. The zero-order valence-corrected chi connectivity index (χ0v) is 20.4. The number of sulfonamides is 1. The highest BCUT2D eigenvalue weighted by molar-refractivity contribution is 7.90. The molecule has 0 saturated heterocycles. The van der Waals surface area contributed by atoms with Crippen molar-refractivity contribution in [2.75, 3.05) is 6.54 Å². The number of carboxylic acid groups (broad SMARTS) is 1. The molecule has 0 saturated carbocycles. The minimum atomic E-state index is -4.19. The number of unbranched alkanes of at least 4 members (excludes halogenated alkanes) is 2. The summed E-state index contributed by atoms with van der Waals surface area (Å²) < 4.78 is 27.6. The number of nitrogens with zero attached hydrogens (tertiary/aromatic N) is 1. The number of amides is 2. The van der Waals surface area contributed by atoms with Crippen molar-refractivity contribution < 1.29 is 27.9 Å². The molecule has 2 rings (SSSR count). The first kappa shape index (κ1) is 27.0. The molecule has 0 aliphatic heterocycles. The Morgan fingerprint density at radius 2 is 1.82 bits per heavy atom. The van der Waals surface area contributed by atoms with Gasteiger partial charge in [0.15, 0.2) is 0 Å². The minimum absolute atomic E-state index is 0.0624. The van der Waals surface area contributed by atoms with E-state index in [-0.39, 0.29) is 28.0 Å². The van der Waals surface area contributed by atoms with Crippen LogP contribution in [0.5, 0.6) is 0 Å². The van der Waals surface area contributed by atoms with Crippen LogP contribution in [0.1, 0.15) is 72.0 Å². The van der Waals surface area contributed by atoms with Crippen molar-refractivity contribution in [3.05, 3.63) is 58.9 Å². The second-order valence-electron chi connectivity index (χ2n) is 8.25. The van der Waals surface area contributed by atoms with Crippen LogP contribution in [0, 0.1) is 5.92 Å². The molecule has 1 heterocycles. The van der Waals surface area contributed by atoms with Gasteiger partial charge < -0.3 is 15.2 Å². The van der Waals surface area contributed by atoms with E-state index in [0.717, 1.165) is 19.0 Å². The van der Waals surface area contributed by atoms with Crippen molar-refractivity contribution in [2.24, 2.45) is 5.92 Å². The van der Waals surface area contributed by atoms with E-state index in [2.05, 4.69) is 10.3 Å². The number of hydrogen-bond donors (Lipinski definition) is 2. The average molecular weight is 489 g/mol. The lowest BCUT2D eigenvalue weighted by molar-refractivity contribution is -0.255. The van der Waals surface area contributed by atoms with E-state index in [9.17, 15) is 27.9 Å². The highest BCUT2D eigenvalue weighted by Gasteiger charge is 2.20. The van der Waals surface area contributed by atoms with E-state index < -0.39 is 21.9 Å². The molecule has 1 aromatic heterocycles. The molecule has 10 heteroatoms. The maximum absolute atomic E-state index is 12.8. The largest absolute Gasteiger partial charge is 0.543 e. The van der Waals surface area contributed by atoms with Crippen molar-refractivity contribution in [2.45, 2.75) is 57.8 Å². The Hall–Kier alpha value is -3.27. The summed E-state index contributed by atoms with van der Waals surface area (Å²) >= 11 is 0. The molecule has 0 fully saturated rings. The molecular weight excluding hydrogens is 458 g/mol. The summed E-state index contributed by atoms with van der Waals surface area (Å²) in [6.45, 7) is 5.91. The van der Waals surface area contributed by atoms with E-state index in [1.807, 2.05) is 11.6 Å². The summed E-state index contributed by atoms with van der Waals surface area (Å²) in [6.07, 6.45) is 4.32. The molecule has 184 valence electrons. The van der Waals surface area contributed by atoms with Crippen LogP contribution in [0.4, 0.5) is 0 Å². The van der Waals surface area contributed by atoms with Crippen LogP contribution in [0.25, 0.3) is 0 Å². The Morgan fingerprint density at radius 3 is 2.47 bits per heavy atom. The fraction of sp³-hybridized carbons (Fsp3) is 0.417. The van der Waals surface area contributed by atoms with Crippen molar-refractivity contribution >= 4 is 27.8 Å². The number of aromatic carboxylic acids is 1. The maximum Gasteiger partial charge on any atom is 0.266 e. The summed E-state index contributed by atoms with van der Waals surface area (Å²) in [5, 5.41) is 14.1. The lowest BCUT2D eigenvalue weighted by Crippen LogP contribution is -2.32. The first-order valence-electron chi connectivity index (χ1n) is 11.2. The second kappa shape index (κ2) is 12.3. The highest BCUT2D eigenvalue weighted by atomic mass is 32.2. The van der Waals surface area contributed by atoms with Gasteiger partial charge in [0.2, 0.25) is 5.91 Å². The SMILES string of the molecule is CCCCCc1cc(C(=O)NS(=O)(=O)c2cccc(CCNC(=O)C(C)C)c2)cnc1C(=O)[O-]. The normalized spacial score (nSPS) is 11.3. The van der Waals surface area contributed by atoms with Gasteiger partial charge in [0.05, 0.1) is 22.1 Å².